The number of nitrogens with one attached hydrogen (secondary N) is 1. The molecule has 0 bridgehead atoms. The molecule has 0 aliphatic carbocycles. The van der Waals surface area contributed by atoms with Gasteiger partial charge in [0.1, 0.15) is 0 Å². The standard InChI is InChI=1S/C15H32N2O/c1-14(2,3)16-13-7-9-17(10-8-13)11-12-18-15(4,5)6/h13,16H,7-12H2,1-6H3. The molecule has 1 aliphatic heterocycles. The number of hydrogen-bond donors (Lipinski definition) is 1. The highest BCUT2D eigenvalue weighted by Gasteiger charge is 2.22. The molecule has 0 amide bonds. The first-order valence-electron chi connectivity index (χ1n) is 7.30. The van der Waals surface area contributed by atoms with Crippen molar-refractivity contribution in [3.8, 4) is 0 Å². The highest BCUT2D eigenvalue weighted by molar-refractivity contribution is 4.83. The Hall–Kier alpha value is -0.120. The minimum atomic E-state index is -0.00782. The van der Waals surface area contributed by atoms with Crippen LogP contribution < -0.4 is 5.32 Å². The van der Waals surface area contributed by atoms with Gasteiger partial charge in [0, 0.05) is 18.1 Å². The first-order chi connectivity index (χ1) is 8.16. The Labute approximate surface area is 113 Å². The van der Waals surface area contributed by atoms with Crippen molar-refractivity contribution < 1.29 is 4.74 Å². The highest BCUT2D eigenvalue weighted by atomic mass is 16.5. The number of likely N-dealkylation sites (tertiary alicyclic amines) is 1. The van der Waals surface area contributed by atoms with Crippen LogP contribution >= 0.6 is 0 Å². The average Bonchev–Trinajstić information content (AvgIpc) is 2.16. The molecule has 3 nitrogen and oxygen atoms in total. The maximum Gasteiger partial charge on any atom is 0.0600 e. The molecular weight excluding hydrogens is 224 g/mol. The normalized spacial score (nSPS) is 20.3. The van der Waals surface area contributed by atoms with E-state index in [0.29, 0.717) is 6.04 Å². The van der Waals surface area contributed by atoms with Gasteiger partial charge in [-0.25, -0.2) is 0 Å². The van der Waals surface area contributed by atoms with Gasteiger partial charge in [0.05, 0.1) is 12.2 Å². The summed E-state index contributed by atoms with van der Waals surface area (Å²) in [5, 5.41) is 3.70. The monoisotopic (exact) mass is 256 g/mol. The second-order valence-corrected chi connectivity index (χ2v) is 7.47. The van der Waals surface area contributed by atoms with Crippen LogP contribution in [0.2, 0.25) is 0 Å². The van der Waals surface area contributed by atoms with Crippen LogP contribution in [0, 0.1) is 0 Å². The minimum absolute atomic E-state index is 0.00782. The summed E-state index contributed by atoms with van der Waals surface area (Å²) in [6.45, 7) is 17.4. The summed E-state index contributed by atoms with van der Waals surface area (Å²) in [5.41, 5.74) is 0.230. The van der Waals surface area contributed by atoms with Crippen LogP contribution in [0.5, 0.6) is 0 Å². The fourth-order valence-electron chi connectivity index (χ4n) is 2.39. The quantitative estimate of drug-likeness (QED) is 0.837. The van der Waals surface area contributed by atoms with Crippen molar-refractivity contribution in [2.75, 3.05) is 26.2 Å². The topological polar surface area (TPSA) is 24.5 Å². The molecule has 18 heavy (non-hydrogen) atoms. The highest BCUT2D eigenvalue weighted by Crippen LogP contribution is 2.14. The lowest BCUT2D eigenvalue weighted by Crippen LogP contribution is -2.49. The first kappa shape index (κ1) is 15.9. The van der Waals surface area contributed by atoms with E-state index in [1.54, 1.807) is 0 Å². The van der Waals surface area contributed by atoms with Crippen LogP contribution in [0.1, 0.15) is 54.4 Å². The molecule has 1 aliphatic rings. The average molecular weight is 256 g/mol. The summed E-state index contributed by atoms with van der Waals surface area (Å²) < 4.78 is 5.78. The van der Waals surface area contributed by atoms with E-state index < -0.39 is 0 Å². The number of ether oxygens (including phenoxy) is 1. The van der Waals surface area contributed by atoms with Crippen molar-refractivity contribution in [3.05, 3.63) is 0 Å². The molecule has 1 saturated heterocycles. The molecule has 0 aromatic rings. The Balaban J connectivity index is 2.16. The summed E-state index contributed by atoms with van der Waals surface area (Å²) in [4.78, 5) is 2.52. The zero-order valence-corrected chi connectivity index (χ0v) is 13.2. The van der Waals surface area contributed by atoms with Crippen LogP contribution in [-0.4, -0.2) is 48.3 Å². The lowest BCUT2D eigenvalue weighted by Gasteiger charge is -2.36. The van der Waals surface area contributed by atoms with E-state index >= 15 is 0 Å². The Bertz CT molecular complexity index is 232. The van der Waals surface area contributed by atoms with Crippen molar-refractivity contribution in [1.29, 1.82) is 0 Å². The summed E-state index contributed by atoms with van der Waals surface area (Å²) in [6.07, 6.45) is 2.51. The Morgan fingerprint density at radius 3 is 2.06 bits per heavy atom. The Morgan fingerprint density at radius 2 is 1.61 bits per heavy atom. The van der Waals surface area contributed by atoms with Gasteiger partial charge in [0.25, 0.3) is 0 Å². The number of nitrogens with zero attached hydrogens (tertiary/aromatic N) is 1. The van der Waals surface area contributed by atoms with Gasteiger partial charge in [0.2, 0.25) is 0 Å². The maximum atomic E-state index is 5.78. The third kappa shape index (κ3) is 7.34. The zero-order valence-electron chi connectivity index (χ0n) is 13.2. The number of rotatable bonds is 4. The second-order valence-electron chi connectivity index (χ2n) is 7.47. The maximum absolute atomic E-state index is 5.78. The largest absolute Gasteiger partial charge is 0.375 e. The zero-order chi connectivity index (χ0) is 13.8. The molecule has 0 unspecified atom stereocenters. The fourth-order valence-corrected chi connectivity index (χ4v) is 2.39. The summed E-state index contributed by atoms with van der Waals surface area (Å²) >= 11 is 0. The fraction of sp³-hybridized carbons (Fsp3) is 1.00. The summed E-state index contributed by atoms with van der Waals surface area (Å²) in [5.74, 6) is 0. The smallest absolute Gasteiger partial charge is 0.0600 e. The molecule has 3 heteroatoms. The third-order valence-electron chi connectivity index (χ3n) is 3.17. The molecule has 0 aromatic carbocycles. The van der Waals surface area contributed by atoms with Crippen LogP contribution in [0.25, 0.3) is 0 Å². The molecule has 1 heterocycles. The molecule has 0 aromatic heterocycles. The summed E-state index contributed by atoms with van der Waals surface area (Å²) in [6, 6.07) is 0.685. The predicted octanol–water partition coefficient (Wildman–Crippen LogP) is 2.65. The van der Waals surface area contributed by atoms with Crippen molar-refractivity contribution in [3.63, 3.8) is 0 Å². The lowest BCUT2D eigenvalue weighted by molar-refractivity contribution is -0.0157. The van der Waals surface area contributed by atoms with Gasteiger partial charge in [-0.05, 0) is 67.5 Å². The van der Waals surface area contributed by atoms with Crippen LogP contribution in [0.4, 0.5) is 0 Å². The van der Waals surface area contributed by atoms with Gasteiger partial charge >= 0.3 is 0 Å². The molecule has 0 radical (unpaired) electrons. The van der Waals surface area contributed by atoms with E-state index in [4.69, 9.17) is 4.74 Å². The van der Waals surface area contributed by atoms with Gasteiger partial charge in [-0.3, -0.25) is 0 Å². The third-order valence-corrected chi connectivity index (χ3v) is 3.17. The summed E-state index contributed by atoms with van der Waals surface area (Å²) in [7, 11) is 0. The predicted molar refractivity (Wildman–Crippen MR) is 78.1 cm³/mol. The molecule has 1 fully saturated rings. The molecule has 0 saturated carbocycles. The van der Waals surface area contributed by atoms with Crippen molar-refractivity contribution in [2.45, 2.75) is 71.6 Å². The van der Waals surface area contributed by atoms with Crippen molar-refractivity contribution in [1.82, 2.24) is 10.2 Å². The van der Waals surface area contributed by atoms with E-state index in [-0.39, 0.29) is 11.1 Å². The van der Waals surface area contributed by atoms with Crippen molar-refractivity contribution >= 4 is 0 Å². The van der Waals surface area contributed by atoms with Crippen LogP contribution in [0.15, 0.2) is 0 Å². The molecule has 1 rings (SSSR count). The Kier molecular flexibility index (Phi) is 5.63. The van der Waals surface area contributed by atoms with Gasteiger partial charge in [0.15, 0.2) is 0 Å². The molecule has 108 valence electrons. The second kappa shape index (κ2) is 6.36. The first-order valence-corrected chi connectivity index (χ1v) is 7.30. The van der Waals surface area contributed by atoms with Gasteiger partial charge in [-0.1, -0.05) is 0 Å². The molecule has 0 atom stereocenters. The van der Waals surface area contributed by atoms with E-state index in [0.717, 1.165) is 13.2 Å². The molecular formula is C15H32N2O. The van der Waals surface area contributed by atoms with E-state index in [9.17, 15) is 0 Å². The van der Waals surface area contributed by atoms with Gasteiger partial charge < -0.3 is 15.0 Å². The molecule has 0 spiro atoms. The van der Waals surface area contributed by atoms with E-state index in [2.05, 4.69) is 51.8 Å². The molecule has 1 N–H and O–H groups in total. The van der Waals surface area contributed by atoms with Crippen molar-refractivity contribution in [2.24, 2.45) is 0 Å². The SMILES string of the molecule is CC(C)(C)NC1CCN(CCOC(C)(C)C)CC1. The Morgan fingerprint density at radius 1 is 1.06 bits per heavy atom. The lowest BCUT2D eigenvalue weighted by atomic mass is 10.00. The minimum Gasteiger partial charge on any atom is -0.375 e. The van der Waals surface area contributed by atoms with Crippen LogP contribution in [0.3, 0.4) is 0 Å². The van der Waals surface area contributed by atoms with Crippen LogP contribution in [-0.2, 0) is 4.74 Å². The number of piperidine rings is 1. The number of hydrogen-bond acceptors (Lipinski definition) is 3. The van der Waals surface area contributed by atoms with Gasteiger partial charge in [-0.15, -0.1) is 0 Å². The van der Waals surface area contributed by atoms with Gasteiger partial charge in [-0.2, -0.15) is 0 Å². The van der Waals surface area contributed by atoms with E-state index in [1.807, 2.05) is 0 Å². The van der Waals surface area contributed by atoms with E-state index in [1.165, 1.54) is 25.9 Å².